The molecule has 0 aliphatic carbocycles. The van der Waals surface area contributed by atoms with Crippen molar-refractivity contribution in [2.24, 2.45) is 0 Å². The average molecular weight is 294 g/mol. The van der Waals surface area contributed by atoms with E-state index in [2.05, 4.69) is 20.6 Å². The Morgan fingerprint density at radius 3 is 3.00 bits per heavy atom. The molecule has 2 aromatic rings. The molecule has 0 unspecified atom stereocenters. The largest absolute Gasteiger partial charge is 0.369 e. The van der Waals surface area contributed by atoms with Crippen molar-refractivity contribution in [1.82, 2.24) is 15.3 Å². The van der Waals surface area contributed by atoms with Crippen molar-refractivity contribution < 1.29 is 9.18 Å². The fourth-order valence-electron chi connectivity index (χ4n) is 1.59. The Bertz CT molecular complexity index is 574. The third-order valence-electron chi connectivity index (χ3n) is 2.55. The summed E-state index contributed by atoms with van der Waals surface area (Å²) in [6.07, 6.45) is 3.67. The quantitative estimate of drug-likeness (QED) is 0.858. The van der Waals surface area contributed by atoms with Crippen molar-refractivity contribution >= 4 is 23.1 Å². The Kier molecular flexibility index (Phi) is 5.00. The molecule has 0 fully saturated rings. The summed E-state index contributed by atoms with van der Waals surface area (Å²) in [6.45, 7) is 3.04. The number of hydrogen-bond acceptors (Lipinski definition) is 5. The number of carbonyl (C=O) groups excluding carboxylic acids is 1. The minimum atomic E-state index is -0.532. The molecule has 0 aromatic carbocycles. The van der Waals surface area contributed by atoms with Gasteiger partial charge in [0.1, 0.15) is 11.6 Å². The molecular weight excluding hydrogens is 279 g/mol. The zero-order valence-electron chi connectivity index (χ0n) is 11.0. The Balaban J connectivity index is 2.08. The van der Waals surface area contributed by atoms with Gasteiger partial charge in [-0.3, -0.25) is 9.78 Å². The molecule has 5 nitrogen and oxygen atoms in total. The van der Waals surface area contributed by atoms with E-state index < -0.39 is 5.82 Å². The van der Waals surface area contributed by atoms with Gasteiger partial charge >= 0.3 is 0 Å². The number of rotatable bonds is 6. The number of thiazole rings is 1. The van der Waals surface area contributed by atoms with Crippen LogP contribution in [0.1, 0.15) is 28.6 Å². The SMILES string of the molecule is CCCNc1ncc(F)cc1C(=O)NCc1cncs1. The lowest BCUT2D eigenvalue weighted by atomic mass is 10.2. The molecule has 106 valence electrons. The second-order valence-electron chi connectivity index (χ2n) is 4.13. The fraction of sp³-hybridized carbons (Fsp3) is 0.308. The van der Waals surface area contributed by atoms with Gasteiger partial charge in [-0.15, -0.1) is 11.3 Å². The number of amides is 1. The number of halogens is 1. The molecule has 20 heavy (non-hydrogen) atoms. The lowest BCUT2D eigenvalue weighted by molar-refractivity contribution is 0.0951. The molecule has 0 atom stereocenters. The van der Waals surface area contributed by atoms with Crippen LogP contribution in [0.2, 0.25) is 0 Å². The summed E-state index contributed by atoms with van der Waals surface area (Å²) < 4.78 is 13.3. The molecule has 0 spiro atoms. The third-order valence-corrected chi connectivity index (χ3v) is 3.33. The van der Waals surface area contributed by atoms with E-state index in [0.29, 0.717) is 18.9 Å². The van der Waals surface area contributed by atoms with E-state index in [-0.39, 0.29) is 11.5 Å². The van der Waals surface area contributed by atoms with Crippen LogP contribution >= 0.6 is 11.3 Å². The Labute approximate surface area is 120 Å². The number of anilines is 1. The van der Waals surface area contributed by atoms with E-state index in [1.165, 1.54) is 17.4 Å². The predicted molar refractivity (Wildman–Crippen MR) is 76.3 cm³/mol. The highest BCUT2D eigenvalue weighted by Crippen LogP contribution is 2.14. The van der Waals surface area contributed by atoms with E-state index >= 15 is 0 Å². The highest BCUT2D eigenvalue weighted by Gasteiger charge is 2.13. The van der Waals surface area contributed by atoms with Gasteiger partial charge in [0, 0.05) is 17.6 Å². The first-order chi connectivity index (χ1) is 9.70. The van der Waals surface area contributed by atoms with Crippen LogP contribution in [0, 0.1) is 5.82 Å². The van der Waals surface area contributed by atoms with Crippen LogP contribution in [0.3, 0.4) is 0 Å². The molecule has 1 amide bonds. The Morgan fingerprint density at radius 2 is 2.30 bits per heavy atom. The molecule has 0 saturated carbocycles. The second kappa shape index (κ2) is 6.95. The molecular formula is C13H15FN4OS. The van der Waals surface area contributed by atoms with Crippen LogP contribution in [0.4, 0.5) is 10.2 Å². The van der Waals surface area contributed by atoms with E-state index in [1.807, 2.05) is 6.92 Å². The number of nitrogens with one attached hydrogen (secondary N) is 2. The normalized spacial score (nSPS) is 10.3. The monoisotopic (exact) mass is 294 g/mol. The van der Waals surface area contributed by atoms with Gasteiger partial charge in [-0.05, 0) is 12.5 Å². The standard InChI is InChI=1S/C13H15FN4OS/c1-2-3-16-12-11(4-9(14)5-17-12)13(19)18-7-10-6-15-8-20-10/h4-6,8H,2-3,7H2,1H3,(H,16,17)(H,18,19). The number of nitrogens with zero attached hydrogens (tertiary/aromatic N) is 2. The highest BCUT2D eigenvalue weighted by molar-refractivity contribution is 7.09. The van der Waals surface area contributed by atoms with Gasteiger partial charge in [-0.25, -0.2) is 9.37 Å². The van der Waals surface area contributed by atoms with Crippen LogP contribution in [-0.2, 0) is 6.54 Å². The van der Waals surface area contributed by atoms with Crippen molar-refractivity contribution in [3.05, 3.63) is 40.2 Å². The molecule has 0 aliphatic heterocycles. The molecule has 7 heteroatoms. The zero-order chi connectivity index (χ0) is 14.4. The van der Waals surface area contributed by atoms with Gasteiger partial charge in [-0.1, -0.05) is 6.92 Å². The zero-order valence-corrected chi connectivity index (χ0v) is 11.8. The summed E-state index contributed by atoms with van der Waals surface area (Å²) in [5.74, 6) is -0.492. The average Bonchev–Trinajstić information content (AvgIpc) is 2.96. The summed E-state index contributed by atoms with van der Waals surface area (Å²) in [4.78, 5) is 20.9. The van der Waals surface area contributed by atoms with Crippen molar-refractivity contribution in [3.8, 4) is 0 Å². The van der Waals surface area contributed by atoms with E-state index in [1.54, 1.807) is 11.7 Å². The van der Waals surface area contributed by atoms with Crippen molar-refractivity contribution in [2.45, 2.75) is 19.9 Å². The molecule has 0 saturated heterocycles. The van der Waals surface area contributed by atoms with E-state index in [4.69, 9.17) is 0 Å². The van der Waals surface area contributed by atoms with Crippen molar-refractivity contribution in [1.29, 1.82) is 0 Å². The summed E-state index contributed by atoms with van der Waals surface area (Å²) in [6, 6.07) is 1.19. The van der Waals surface area contributed by atoms with Gasteiger partial charge in [0.25, 0.3) is 5.91 Å². The topological polar surface area (TPSA) is 66.9 Å². The first kappa shape index (κ1) is 14.4. The van der Waals surface area contributed by atoms with Crippen LogP contribution < -0.4 is 10.6 Å². The third kappa shape index (κ3) is 3.74. The number of hydrogen-bond donors (Lipinski definition) is 2. The van der Waals surface area contributed by atoms with Crippen LogP contribution in [0.5, 0.6) is 0 Å². The first-order valence-electron chi connectivity index (χ1n) is 6.25. The number of carbonyl (C=O) groups is 1. The number of aromatic nitrogens is 2. The fourth-order valence-corrected chi connectivity index (χ4v) is 2.12. The Morgan fingerprint density at radius 1 is 1.45 bits per heavy atom. The van der Waals surface area contributed by atoms with E-state index in [9.17, 15) is 9.18 Å². The van der Waals surface area contributed by atoms with Gasteiger partial charge < -0.3 is 10.6 Å². The van der Waals surface area contributed by atoms with Crippen LogP contribution in [0.15, 0.2) is 24.0 Å². The smallest absolute Gasteiger partial charge is 0.255 e. The van der Waals surface area contributed by atoms with Gasteiger partial charge in [-0.2, -0.15) is 0 Å². The summed E-state index contributed by atoms with van der Waals surface area (Å²) in [7, 11) is 0. The summed E-state index contributed by atoms with van der Waals surface area (Å²) in [5.41, 5.74) is 1.90. The van der Waals surface area contributed by atoms with Gasteiger partial charge in [0.15, 0.2) is 0 Å². The first-order valence-corrected chi connectivity index (χ1v) is 7.13. The number of pyridine rings is 1. The maximum atomic E-state index is 13.3. The van der Waals surface area contributed by atoms with Crippen LogP contribution in [-0.4, -0.2) is 22.4 Å². The molecule has 2 N–H and O–H groups in total. The van der Waals surface area contributed by atoms with Gasteiger partial charge in [0.05, 0.1) is 23.8 Å². The second-order valence-corrected chi connectivity index (χ2v) is 5.10. The molecule has 0 radical (unpaired) electrons. The molecule has 2 rings (SSSR count). The molecule has 0 bridgehead atoms. The van der Waals surface area contributed by atoms with Gasteiger partial charge in [0.2, 0.25) is 0 Å². The van der Waals surface area contributed by atoms with Crippen molar-refractivity contribution in [2.75, 3.05) is 11.9 Å². The summed E-state index contributed by atoms with van der Waals surface area (Å²) in [5, 5.41) is 5.75. The van der Waals surface area contributed by atoms with Crippen LogP contribution in [0.25, 0.3) is 0 Å². The molecule has 2 aromatic heterocycles. The maximum Gasteiger partial charge on any atom is 0.255 e. The predicted octanol–water partition coefficient (Wildman–Crippen LogP) is 2.43. The summed E-state index contributed by atoms with van der Waals surface area (Å²) >= 11 is 1.45. The molecule has 2 heterocycles. The lowest BCUT2D eigenvalue weighted by Gasteiger charge is -2.10. The Hall–Kier alpha value is -2.02. The minimum absolute atomic E-state index is 0.211. The van der Waals surface area contributed by atoms with E-state index in [0.717, 1.165) is 17.5 Å². The molecule has 0 aliphatic rings. The lowest BCUT2D eigenvalue weighted by Crippen LogP contribution is -2.24. The van der Waals surface area contributed by atoms with Crippen molar-refractivity contribution in [3.63, 3.8) is 0 Å². The highest BCUT2D eigenvalue weighted by atomic mass is 32.1. The maximum absolute atomic E-state index is 13.3. The minimum Gasteiger partial charge on any atom is -0.369 e.